The first kappa shape index (κ1) is 21.6. The highest BCUT2D eigenvalue weighted by Gasteiger charge is 2.26. The van der Waals surface area contributed by atoms with E-state index in [0.29, 0.717) is 25.3 Å². The number of phenolic OH excluding ortho intramolecular Hbond substituents is 1. The Morgan fingerprint density at radius 1 is 1.28 bits per heavy atom. The maximum atomic E-state index is 12.5. The molecular formula is C17H26ClN3O3S. The van der Waals surface area contributed by atoms with E-state index in [1.807, 2.05) is 4.90 Å². The molecular weight excluding hydrogens is 362 g/mol. The summed E-state index contributed by atoms with van der Waals surface area (Å²) < 4.78 is 0. The van der Waals surface area contributed by atoms with Crippen molar-refractivity contribution in [3.8, 4) is 5.75 Å². The summed E-state index contributed by atoms with van der Waals surface area (Å²) >= 11 is 1.46. The third kappa shape index (κ3) is 7.13. The molecule has 0 saturated carbocycles. The lowest BCUT2D eigenvalue weighted by molar-refractivity contribution is -0.132. The molecule has 4 N–H and O–H groups in total. The number of aromatic hydroxyl groups is 1. The predicted molar refractivity (Wildman–Crippen MR) is 102 cm³/mol. The number of hydrogen-bond acceptors (Lipinski definition) is 5. The first-order valence-electron chi connectivity index (χ1n) is 8.28. The summed E-state index contributed by atoms with van der Waals surface area (Å²) in [7, 11) is 0. The number of nitrogens with two attached hydrogens (primary N) is 1. The molecule has 1 unspecified atom stereocenters. The molecule has 6 nitrogen and oxygen atoms in total. The van der Waals surface area contributed by atoms with Gasteiger partial charge in [-0.2, -0.15) is 0 Å². The van der Waals surface area contributed by atoms with E-state index in [-0.39, 0.29) is 36.0 Å². The van der Waals surface area contributed by atoms with Crippen molar-refractivity contribution in [1.29, 1.82) is 0 Å². The van der Waals surface area contributed by atoms with Crippen molar-refractivity contribution in [2.45, 2.75) is 36.6 Å². The highest BCUT2D eigenvalue weighted by atomic mass is 35.5. The zero-order valence-electron chi connectivity index (χ0n) is 14.1. The van der Waals surface area contributed by atoms with E-state index in [2.05, 4.69) is 5.32 Å². The Hall–Kier alpha value is -1.44. The Bertz CT molecular complexity index is 557. The maximum absolute atomic E-state index is 12.5. The van der Waals surface area contributed by atoms with E-state index in [9.17, 15) is 14.7 Å². The molecule has 1 aromatic carbocycles. The monoisotopic (exact) mass is 387 g/mol. The molecule has 1 aliphatic rings. The van der Waals surface area contributed by atoms with Crippen LogP contribution in [-0.4, -0.2) is 53.2 Å². The molecule has 0 bridgehead atoms. The fourth-order valence-corrected chi connectivity index (χ4v) is 3.55. The number of carbonyl (C=O) groups is 2. The molecule has 8 heteroatoms. The number of thioether (sulfide) groups is 1. The van der Waals surface area contributed by atoms with Gasteiger partial charge in [0, 0.05) is 37.0 Å². The average molecular weight is 388 g/mol. The second-order valence-corrected chi connectivity index (χ2v) is 6.91. The van der Waals surface area contributed by atoms with E-state index in [4.69, 9.17) is 5.73 Å². The van der Waals surface area contributed by atoms with Crippen molar-refractivity contribution in [2.75, 3.05) is 25.4 Å². The summed E-state index contributed by atoms with van der Waals surface area (Å²) in [6, 6.07) is 6.89. The number of piperidine rings is 1. The minimum Gasteiger partial charge on any atom is -0.508 e. The molecule has 25 heavy (non-hydrogen) atoms. The summed E-state index contributed by atoms with van der Waals surface area (Å²) in [5.74, 6) is 0.604. The zero-order valence-corrected chi connectivity index (χ0v) is 15.8. The summed E-state index contributed by atoms with van der Waals surface area (Å²) in [6.45, 7) is 1.57. The van der Waals surface area contributed by atoms with Gasteiger partial charge in [-0.05, 0) is 43.5 Å². The Kier molecular flexibility index (Phi) is 9.70. The van der Waals surface area contributed by atoms with Crippen LogP contribution in [0.2, 0.25) is 0 Å². The van der Waals surface area contributed by atoms with Gasteiger partial charge in [-0.25, -0.2) is 0 Å². The van der Waals surface area contributed by atoms with Gasteiger partial charge in [0.1, 0.15) is 5.75 Å². The van der Waals surface area contributed by atoms with Gasteiger partial charge in [-0.3, -0.25) is 9.59 Å². The second kappa shape index (κ2) is 11.2. The van der Waals surface area contributed by atoms with Gasteiger partial charge in [-0.1, -0.05) is 0 Å². The van der Waals surface area contributed by atoms with Crippen LogP contribution in [0.1, 0.15) is 25.7 Å². The van der Waals surface area contributed by atoms with Crippen LogP contribution in [0.4, 0.5) is 0 Å². The van der Waals surface area contributed by atoms with Crippen LogP contribution in [0, 0.1) is 0 Å². The summed E-state index contributed by atoms with van der Waals surface area (Å²) in [5.41, 5.74) is 5.37. The largest absolute Gasteiger partial charge is 0.508 e. The zero-order chi connectivity index (χ0) is 17.4. The number of nitrogens with zero attached hydrogens (tertiary/aromatic N) is 1. The number of amides is 2. The summed E-state index contributed by atoms with van der Waals surface area (Å²) in [4.78, 5) is 27.0. The number of nitrogens with one attached hydrogen (secondary N) is 1. The van der Waals surface area contributed by atoms with E-state index in [1.165, 1.54) is 11.8 Å². The van der Waals surface area contributed by atoms with E-state index < -0.39 is 0 Å². The highest BCUT2D eigenvalue weighted by molar-refractivity contribution is 8.00. The number of phenols is 1. The number of likely N-dealkylation sites (tertiary alicyclic amines) is 1. The van der Waals surface area contributed by atoms with Crippen molar-refractivity contribution < 1.29 is 14.7 Å². The summed E-state index contributed by atoms with van der Waals surface area (Å²) in [5, 5.41) is 12.2. The van der Waals surface area contributed by atoms with Crippen LogP contribution in [0.25, 0.3) is 0 Å². The number of rotatable bonds is 7. The normalized spacial score (nSPS) is 16.8. The van der Waals surface area contributed by atoms with Crippen molar-refractivity contribution in [3.63, 3.8) is 0 Å². The van der Waals surface area contributed by atoms with Gasteiger partial charge in [-0.15, -0.1) is 24.2 Å². The Balaban J connectivity index is 0.00000312. The first-order chi connectivity index (χ1) is 11.6. The van der Waals surface area contributed by atoms with Crippen LogP contribution >= 0.6 is 24.2 Å². The lowest BCUT2D eigenvalue weighted by Crippen LogP contribution is -2.50. The minimum absolute atomic E-state index is 0. The molecule has 2 amide bonds. The van der Waals surface area contributed by atoms with Gasteiger partial charge in [0.2, 0.25) is 11.8 Å². The molecule has 0 radical (unpaired) electrons. The lowest BCUT2D eigenvalue weighted by atomic mass is 10.0. The van der Waals surface area contributed by atoms with Gasteiger partial charge in [0.25, 0.3) is 0 Å². The number of carbonyl (C=O) groups excluding carboxylic acids is 2. The van der Waals surface area contributed by atoms with Gasteiger partial charge >= 0.3 is 0 Å². The number of hydrogen-bond donors (Lipinski definition) is 3. The molecule has 2 rings (SSSR count). The maximum Gasteiger partial charge on any atom is 0.233 e. The standard InChI is InChI=1S/C17H25N3O3S.ClH/c18-9-8-16(22)19-11-13-3-1-2-10-20(13)17(23)12-24-15-6-4-14(21)5-7-15;/h4-7,13,21H,1-3,8-12,18H2,(H,19,22);1H. The third-order valence-corrected chi connectivity index (χ3v) is 5.05. The first-order valence-corrected chi connectivity index (χ1v) is 9.27. The van der Waals surface area contributed by atoms with Crippen LogP contribution in [0.5, 0.6) is 5.75 Å². The molecule has 0 spiro atoms. The minimum atomic E-state index is -0.0612. The molecule has 1 fully saturated rings. The lowest BCUT2D eigenvalue weighted by Gasteiger charge is -2.36. The highest BCUT2D eigenvalue weighted by Crippen LogP contribution is 2.23. The molecule has 1 aromatic rings. The molecule has 140 valence electrons. The SMILES string of the molecule is Cl.NCCC(=O)NCC1CCCCN1C(=O)CSc1ccc(O)cc1. The molecule has 0 aromatic heterocycles. The van der Waals surface area contributed by atoms with Gasteiger partial charge in [0.15, 0.2) is 0 Å². The van der Waals surface area contributed by atoms with Gasteiger partial charge < -0.3 is 21.1 Å². The fraction of sp³-hybridized carbons (Fsp3) is 0.529. The Labute approximate surface area is 158 Å². The molecule has 1 heterocycles. The average Bonchev–Trinajstić information content (AvgIpc) is 2.60. The number of benzene rings is 1. The molecule has 1 aliphatic heterocycles. The molecule has 1 atom stereocenters. The second-order valence-electron chi connectivity index (χ2n) is 5.86. The van der Waals surface area contributed by atoms with E-state index in [1.54, 1.807) is 24.3 Å². The van der Waals surface area contributed by atoms with Crippen LogP contribution in [0.15, 0.2) is 29.2 Å². The smallest absolute Gasteiger partial charge is 0.233 e. The Morgan fingerprint density at radius 2 is 2.00 bits per heavy atom. The van der Waals surface area contributed by atoms with Crippen molar-refractivity contribution >= 4 is 36.0 Å². The van der Waals surface area contributed by atoms with Crippen LogP contribution in [-0.2, 0) is 9.59 Å². The number of halogens is 1. The van der Waals surface area contributed by atoms with Crippen LogP contribution < -0.4 is 11.1 Å². The van der Waals surface area contributed by atoms with Crippen LogP contribution in [0.3, 0.4) is 0 Å². The third-order valence-electron chi connectivity index (χ3n) is 4.05. The van der Waals surface area contributed by atoms with Crippen molar-refractivity contribution in [1.82, 2.24) is 10.2 Å². The van der Waals surface area contributed by atoms with E-state index in [0.717, 1.165) is 30.7 Å². The van der Waals surface area contributed by atoms with Crippen molar-refractivity contribution in [2.24, 2.45) is 5.73 Å². The van der Waals surface area contributed by atoms with Crippen molar-refractivity contribution in [3.05, 3.63) is 24.3 Å². The predicted octanol–water partition coefficient (Wildman–Crippen LogP) is 1.75. The fourth-order valence-electron chi connectivity index (χ4n) is 2.76. The van der Waals surface area contributed by atoms with E-state index >= 15 is 0 Å². The Morgan fingerprint density at radius 3 is 2.68 bits per heavy atom. The topological polar surface area (TPSA) is 95.7 Å². The summed E-state index contributed by atoms with van der Waals surface area (Å²) in [6.07, 6.45) is 3.31. The molecule has 1 saturated heterocycles. The van der Waals surface area contributed by atoms with Gasteiger partial charge in [0.05, 0.1) is 5.75 Å². The molecule has 0 aliphatic carbocycles. The quantitative estimate of drug-likeness (QED) is 0.619.